The second-order valence-corrected chi connectivity index (χ2v) is 5.86. The Kier molecular flexibility index (Phi) is 5.71. The topological polar surface area (TPSA) is 87.7 Å². The summed E-state index contributed by atoms with van der Waals surface area (Å²) < 4.78 is 0.744. The van der Waals surface area contributed by atoms with Crippen molar-refractivity contribution in [2.24, 2.45) is 10.9 Å². The molecular formula is C10H13Cl2N3O2S. The molecule has 0 aliphatic rings. The van der Waals surface area contributed by atoms with Crippen molar-refractivity contribution in [3.63, 3.8) is 0 Å². The number of nitrogens with two attached hydrogens (primary N) is 1. The summed E-state index contributed by atoms with van der Waals surface area (Å²) in [6, 6.07) is 0.960. The minimum Gasteiger partial charge on any atom is -0.409 e. The lowest BCUT2D eigenvalue weighted by Gasteiger charge is -2.16. The van der Waals surface area contributed by atoms with E-state index in [2.05, 4.69) is 10.5 Å². The van der Waals surface area contributed by atoms with Crippen molar-refractivity contribution in [3.8, 4) is 0 Å². The van der Waals surface area contributed by atoms with Crippen molar-refractivity contribution in [2.75, 3.05) is 0 Å². The number of nitrogens with zero attached hydrogens (tertiary/aromatic N) is 1. The number of oxime groups is 1. The van der Waals surface area contributed by atoms with E-state index in [0.717, 1.165) is 17.8 Å². The Morgan fingerprint density at radius 1 is 1.67 bits per heavy atom. The third-order valence-corrected chi connectivity index (χ3v) is 3.74. The number of hydrogen-bond acceptors (Lipinski definition) is 4. The zero-order valence-corrected chi connectivity index (χ0v) is 11.9. The van der Waals surface area contributed by atoms with Gasteiger partial charge in [0.15, 0.2) is 5.84 Å². The molecule has 0 aliphatic heterocycles. The number of thiophene rings is 1. The number of amidine groups is 1. The fourth-order valence-corrected chi connectivity index (χ4v) is 2.84. The first-order valence-electron chi connectivity index (χ1n) is 5.22. The first kappa shape index (κ1) is 15.1. The van der Waals surface area contributed by atoms with Gasteiger partial charge in [0.25, 0.3) is 5.91 Å². The zero-order chi connectivity index (χ0) is 13.7. The SMILES string of the molecule is CCCC(NC(=O)c1cc(Cl)sc1Cl)/C(N)=N/O. The first-order valence-corrected chi connectivity index (χ1v) is 6.80. The van der Waals surface area contributed by atoms with E-state index >= 15 is 0 Å². The van der Waals surface area contributed by atoms with Gasteiger partial charge in [-0.3, -0.25) is 4.79 Å². The maximum Gasteiger partial charge on any atom is 0.254 e. The highest BCUT2D eigenvalue weighted by molar-refractivity contribution is 7.20. The summed E-state index contributed by atoms with van der Waals surface area (Å²) in [7, 11) is 0. The Labute approximate surface area is 119 Å². The molecule has 1 atom stereocenters. The van der Waals surface area contributed by atoms with E-state index in [4.69, 9.17) is 34.1 Å². The van der Waals surface area contributed by atoms with Crippen LogP contribution in [-0.4, -0.2) is 23.0 Å². The molecule has 0 aromatic carbocycles. The van der Waals surface area contributed by atoms with Crippen molar-refractivity contribution < 1.29 is 10.0 Å². The molecule has 1 aromatic rings. The highest BCUT2D eigenvalue weighted by atomic mass is 35.5. The molecule has 100 valence electrons. The van der Waals surface area contributed by atoms with Crippen LogP contribution in [-0.2, 0) is 0 Å². The quantitative estimate of drug-likeness (QED) is 0.338. The number of hydrogen-bond donors (Lipinski definition) is 3. The number of halogens is 2. The Morgan fingerprint density at radius 3 is 2.78 bits per heavy atom. The van der Waals surface area contributed by atoms with Gasteiger partial charge in [0.05, 0.1) is 15.9 Å². The number of carbonyl (C=O) groups excluding carboxylic acids is 1. The van der Waals surface area contributed by atoms with E-state index in [9.17, 15) is 4.79 Å². The Bertz CT molecular complexity index is 462. The lowest BCUT2D eigenvalue weighted by Crippen LogP contribution is -2.44. The molecule has 0 radical (unpaired) electrons. The molecule has 5 nitrogen and oxygen atoms in total. The van der Waals surface area contributed by atoms with Crippen LogP contribution < -0.4 is 11.1 Å². The van der Waals surface area contributed by atoms with Gasteiger partial charge in [-0.2, -0.15) is 0 Å². The molecule has 0 spiro atoms. The summed E-state index contributed by atoms with van der Waals surface area (Å²) in [5, 5.41) is 14.2. The largest absolute Gasteiger partial charge is 0.409 e. The van der Waals surface area contributed by atoms with Crippen molar-refractivity contribution in [2.45, 2.75) is 25.8 Å². The molecule has 0 saturated carbocycles. The van der Waals surface area contributed by atoms with E-state index in [1.165, 1.54) is 6.07 Å². The summed E-state index contributed by atoms with van der Waals surface area (Å²) >= 11 is 12.8. The molecular weight excluding hydrogens is 297 g/mol. The minimum absolute atomic E-state index is 0.0392. The number of amides is 1. The van der Waals surface area contributed by atoms with Crippen molar-refractivity contribution >= 4 is 46.3 Å². The number of carbonyl (C=O) groups is 1. The fraction of sp³-hybridized carbons (Fsp3) is 0.400. The van der Waals surface area contributed by atoms with Gasteiger partial charge >= 0.3 is 0 Å². The molecule has 1 aromatic heterocycles. The normalized spacial score (nSPS) is 13.4. The summed E-state index contributed by atoms with van der Waals surface area (Å²) in [6.45, 7) is 1.93. The van der Waals surface area contributed by atoms with Crippen molar-refractivity contribution in [1.29, 1.82) is 0 Å². The summed E-state index contributed by atoms with van der Waals surface area (Å²) in [4.78, 5) is 11.9. The summed E-state index contributed by atoms with van der Waals surface area (Å²) in [5.41, 5.74) is 5.79. The van der Waals surface area contributed by atoms with Gasteiger partial charge in [-0.05, 0) is 12.5 Å². The van der Waals surface area contributed by atoms with E-state index < -0.39 is 11.9 Å². The van der Waals surface area contributed by atoms with Gasteiger partial charge in [-0.1, -0.05) is 41.7 Å². The highest BCUT2D eigenvalue weighted by Gasteiger charge is 2.20. The van der Waals surface area contributed by atoms with Crippen LogP contribution in [0.15, 0.2) is 11.2 Å². The summed E-state index contributed by atoms with van der Waals surface area (Å²) in [6.07, 6.45) is 1.34. The Hall–Kier alpha value is -0.980. The van der Waals surface area contributed by atoms with Crippen LogP contribution in [0.3, 0.4) is 0 Å². The molecule has 18 heavy (non-hydrogen) atoms. The predicted molar refractivity (Wildman–Crippen MR) is 73.9 cm³/mol. The Morgan fingerprint density at radius 2 is 2.33 bits per heavy atom. The maximum atomic E-state index is 11.9. The Balaban J connectivity index is 2.81. The lowest BCUT2D eigenvalue weighted by atomic mass is 10.1. The van der Waals surface area contributed by atoms with Crippen LogP contribution in [0.1, 0.15) is 30.1 Å². The van der Waals surface area contributed by atoms with Gasteiger partial charge in [-0.25, -0.2) is 0 Å². The molecule has 1 amide bonds. The molecule has 0 saturated heterocycles. The third kappa shape index (κ3) is 3.76. The second kappa shape index (κ2) is 6.82. The van der Waals surface area contributed by atoms with Gasteiger partial charge < -0.3 is 16.3 Å². The zero-order valence-electron chi connectivity index (χ0n) is 9.61. The first-order chi connectivity index (χ1) is 8.49. The number of nitrogens with one attached hydrogen (secondary N) is 1. The number of rotatable bonds is 5. The van der Waals surface area contributed by atoms with Crippen molar-refractivity contribution in [3.05, 3.63) is 20.3 Å². The smallest absolute Gasteiger partial charge is 0.254 e. The fourth-order valence-electron chi connectivity index (χ4n) is 1.38. The van der Waals surface area contributed by atoms with E-state index in [1.54, 1.807) is 0 Å². The van der Waals surface area contributed by atoms with Crippen LogP contribution in [0.5, 0.6) is 0 Å². The van der Waals surface area contributed by atoms with Crippen LogP contribution in [0.25, 0.3) is 0 Å². The summed E-state index contributed by atoms with van der Waals surface area (Å²) in [5.74, 6) is -0.434. The monoisotopic (exact) mass is 309 g/mol. The van der Waals surface area contributed by atoms with Crippen LogP contribution in [0.2, 0.25) is 8.67 Å². The molecule has 0 bridgehead atoms. The van der Waals surface area contributed by atoms with E-state index in [1.807, 2.05) is 6.92 Å². The van der Waals surface area contributed by atoms with Crippen LogP contribution >= 0.6 is 34.5 Å². The molecule has 8 heteroatoms. The van der Waals surface area contributed by atoms with Crippen LogP contribution in [0, 0.1) is 0 Å². The average Bonchev–Trinajstić information content (AvgIpc) is 2.67. The molecule has 1 rings (SSSR count). The predicted octanol–water partition coefficient (Wildman–Crippen LogP) is 2.70. The lowest BCUT2D eigenvalue weighted by molar-refractivity contribution is 0.0945. The average molecular weight is 310 g/mol. The standard InChI is InChI=1S/C10H13Cl2N3O2S/c1-2-3-6(9(13)15-17)14-10(16)5-4-7(11)18-8(5)12/h4,6,17H,2-3H2,1H3,(H2,13,15)(H,14,16). The molecule has 0 aliphatic carbocycles. The maximum absolute atomic E-state index is 11.9. The van der Waals surface area contributed by atoms with E-state index in [-0.39, 0.29) is 5.84 Å². The third-order valence-electron chi connectivity index (χ3n) is 2.26. The molecule has 4 N–H and O–H groups in total. The minimum atomic E-state index is -0.526. The highest BCUT2D eigenvalue weighted by Crippen LogP contribution is 2.31. The molecule has 1 heterocycles. The van der Waals surface area contributed by atoms with Gasteiger partial charge in [0, 0.05) is 0 Å². The van der Waals surface area contributed by atoms with E-state index in [0.29, 0.717) is 20.7 Å². The van der Waals surface area contributed by atoms with Crippen LogP contribution in [0.4, 0.5) is 0 Å². The second-order valence-electron chi connectivity index (χ2n) is 3.58. The molecule has 1 unspecified atom stereocenters. The van der Waals surface area contributed by atoms with Gasteiger partial charge in [0.1, 0.15) is 4.34 Å². The van der Waals surface area contributed by atoms with Gasteiger partial charge in [-0.15, -0.1) is 11.3 Å². The van der Waals surface area contributed by atoms with Crippen molar-refractivity contribution in [1.82, 2.24) is 5.32 Å². The molecule has 0 fully saturated rings. The van der Waals surface area contributed by atoms with Gasteiger partial charge in [0.2, 0.25) is 0 Å².